The maximum absolute atomic E-state index is 11.9. The molecule has 104 valence electrons. The average Bonchev–Trinajstić information content (AvgIpc) is 2.44. The first-order chi connectivity index (χ1) is 9.09. The minimum atomic E-state index is -3.03. The third-order valence-electron chi connectivity index (χ3n) is 2.70. The molecule has 0 unspecified atom stereocenters. The highest BCUT2D eigenvalue weighted by Crippen LogP contribution is 2.49. The van der Waals surface area contributed by atoms with Gasteiger partial charge in [0.05, 0.1) is 0 Å². The van der Waals surface area contributed by atoms with Crippen LogP contribution in [0.3, 0.4) is 0 Å². The second kappa shape index (κ2) is 8.11. The number of hydrogen-bond acceptors (Lipinski definition) is 3. The van der Waals surface area contributed by atoms with Crippen LogP contribution in [0.25, 0.3) is 6.08 Å². The van der Waals surface area contributed by atoms with Crippen LogP contribution in [0, 0.1) is 0 Å². The van der Waals surface area contributed by atoms with Gasteiger partial charge in [-0.15, -0.1) is 0 Å². The van der Waals surface area contributed by atoms with Crippen LogP contribution < -0.4 is 0 Å². The van der Waals surface area contributed by atoms with E-state index in [9.17, 15) is 4.57 Å². The fourth-order valence-electron chi connectivity index (χ4n) is 1.61. The van der Waals surface area contributed by atoms with Crippen molar-refractivity contribution in [1.82, 2.24) is 0 Å². The molecule has 0 saturated carbocycles. The number of rotatable bonds is 7. The van der Waals surface area contributed by atoms with E-state index >= 15 is 0 Å². The van der Waals surface area contributed by atoms with Crippen LogP contribution in [0.15, 0.2) is 47.8 Å². The highest BCUT2D eigenvalue weighted by Gasteiger charge is 2.16. The van der Waals surface area contributed by atoms with Gasteiger partial charge >= 0.3 is 7.60 Å². The third-order valence-corrected chi connectivity index (χ3v) is 4.48. The Morgan fingerprint density at radius 2 is 1.84 bits per heavy atom. The van der Waals surface area contributed by atoms with Crippen LogP contribution in [-0.2, 0) is 13.6 Å². The second-order valence-electron chi connectivity index (χ2n) is 4.23. The Balaban J connectivity index is 2.47. The summed E-state index contributed by atoms with van der Waals surface area (Å²) in [5.41, 5.74) is 2.19. The zero-order valence-electron chi connectivity index (χ0n) is 11.7. The van der Waals surface area contributed by atoms with E-state index in [1.54, 1.807) is 5.82 Å². The van der Waals surface area contributed by atoms with Crippen molar-refractivity contribution in [2.75, 3.05) is 14.2 Å². The molecule has 0 spiro atoms. The second-order valence-corrected chi connectivity index (χ2v) is 6.30. The molecule has 0 saturated heterocycles. The third kappa shape index (κ3) is 6.02. The topological polar surface area (TPSA) is 35.5 Å². The monoisotopic (exact) mass is 280 g/mol. The fraction of sp³-hybridized carbons (Fsp3) is 0.333. The summed E-state index contributed by atoms with van der Waals surface area (Å²) >= 11 is 0. The zero-order valence-corrected chi connectivity index (χ0v) is 12.6. The Bertz CT molecular complexity index is 469. The van der Waals surface area contributed by atoms with E-state index in [2.05, 4.69) is 24.3 Å². The Hall–Kier alpha value is -1.15. The van der Waals surface area contributed by atoms with Gasteiger partial charge in [0.2, 0.25) is 0 Å². The van der Waals surface area contributed by atoms with E-state index in [0.29, 0.717) is 0 Å². The molecule has 0 aliphatic heterocycles. The van der Waals surface area contributed by atoms with Crippen molar-refractivity contribution >= 4 is 13.7 Å². The van der Waals surface area contributed by atoms with Gasteiger partial charge in [0.1, 0.15) is 0 Å². The van der Waals surface area contributed by atoms with Crippen LogP contribution >= 0.6 is 7.60 Å². The van der Waals surface area contributed by atoms with Crippen molar-refractivity contribution in [2.24, 2.45) is 0 Å². The summed E-state index contributed by atoms with van der Waals surface area (Å²) in [6.07, 6.45) is 5.92. The molecule has 0 heterocycles. The smallest absolute Gasteiger partial charge is 0.309 e. The first-order valence-electron chi connectivity index (χ1n) is 6.21. The number of hydrogen-bond donors (Lipinski definition) is 0. The van der Waals surface area contributed by atoms with Crippen molar-refractivity contribution in [3.05, 3.63) is 53.4 Å². The lowest BCUT2D eigenvalue weighted by Gasteiger charge is -2.09. The van der Waals surface area contributed by atoms with E-state index in [1.165, 1.54) is 19.8 Å². The number of allylic oxidation sites excluding steroid dienone is 2. The molecule has 0 fully saturated rings. The van der Waals surface area contributed by atoms with Crippen LogP contribution in [0.1, 0.15) is 25.3 Å². The molecule has 0 bridgehead atoms. The van der Waals surface area contributed by atoms with Gasteiger partial charge in [-0.3, -0.25) is 4.57 Å². The quantitative estimate of drug-likeness (QED) is 0.668. The van der Waals surface area contributed by atoms with E-state index < -0.39 is 7.60 Å². The molecule has 1 rings (SSSR count). The van der Waals surface area contributed by atoms with Crippen LogP contribution in [-0.4, -0.2) is 14.2 Å². The predicted octanol–water partition coefficient (Wildman–Crippen LogP) is 4.87. The maximum Gasteiger partial charge on any atom is 0.353 e. The lowest BCUT2D eigenvalue weighted by Crippen LogP contribution is -1.86. The van der Waals surface area contributed by atoms with Gasteiger partial charge in [0.15, 0.2) is 0 Å². The molecule has 0 aliphatic carbocycles. The first-order valence-corrected chi connectivity index (χ1v) is 7.82. The zero-order chi connectivity index (χ0) is 14.1. The Morgan fingerprint density at radius 3 is 2.42 bits per heavy atom. The van der Waals surface area contributed by atoms with E-state index in [1.807, 2.05) is 25.1 Å². The summed E-state index contributed by atoms with van der Waals surface area (Å²) in [5.74, 6) is 1.59. The SMILES string of the molecule is COP(=O)(/C=C(\C)CC/C=C/c1ccccc1)OC. The largest absolute Gasteiger partial charge is 0.353 e. The molecule has 1 aromatic rings. The molecular weight excluding hydrogens is 259 g/mol. The highest BCUT2D eigenvalue weighted by molar-refractivity contribution is 7.57. The van der Waals surface area contributed by atoms with E-state index in [4.69, 9.17) is 9.05 Å². The van der Waals surface area contributed by atoms with Crippen LogP contribution in [0.4, 0.5) is 0 Å². The van der Waals surface area contributed by atoms with Crippen molar-refractivity contribution in [3.8, 4) is 0 Å². The molecule has 0 amide bonds. The van der Waals surface area contributed by atoms with Gasteiger partial charge in [0.25, 0.3) is 0 Å². The standard InChI is InChI=1S/C15H21O3P/c1-14(13-19(16,17-2)18-3)9-7-8-12-15-10-5-4-6-11-15/h4-6,8,10-13H,7,9H2,1-3H3/b12-8+,14-13+. The van der Waals surface area contributed by atoms with Gasteiger partial charge in [-0.1, -0.05) is 48.1 Å². The molecule has 0 aliphatic rings. The maximum atomic E-state index is 11.9. The van der Waals surface area contributed by atoms with E-state index in [-0.39, 0.29) is 0 Å². The summed E-state index contributed by atoms with van der Waals surface area (Å²) in [6, 6.07) is 10.1. The van der Waals surface area contributed by atoms with Crippen LogP contribution in [0.5, 0.6) is 0 Å². The van der Waals surface area contributed by atoms with Crippen molar-refractivity contribution in [1.29, 1.82) is 0 Å². The molecule has 19 heavy (non-hydrogen) atoms. The number of benzene rings is 1. The molecule has 3 nitrogen and oxygen atoms in total. The van der Waals surface area contributed by atoms with Crippen LogP contribution in [0.2, 0.25) is 0 Å². The molecule has 0 aromatic heterocycles. The lowest BCUT2D eigenvalue weighted by molar-refractivity contribution is 0.286. The minimum absolute atomic E-state index is 0.833. The van der Waals surface area contributed by atoms with E-state index in [0.717, 1.165) is 18.4 Å². The normalized spacial score (nSPS) is 13.1. The summed E-state index contributed by atoms with van der Waals surface area (Å²) < 4.78 is 21.6. The lowest BCUT2D eigenvalue weighted by atomic mass is 10.1. The van der Waals surface area contributed by atoms with Crippen molar-refractivity contribution in [3.63, 3.8) is 0 Å². The van der Waals surface area contributed by atoms with Crippen molar-refractivity contribution in [2.45, 2.75) is 19.8 Å². The Morgan fingerprint density at radius 1 is 1.21 bits per heavy atom. The molecule has 0 N–H and O–H groups in total. The van der Waals surface area contributed by atoms with Gasteiger partial charge in [-0.25, -0.2) is 0 Å². The summed E-state index contributed by atoms with van der Waals surface area (Å²) in [6.45, 7) is 1.93. The van der Waals surface area contributed by atoms with Gasteiger partial charge in [-0.2, -0.15) is 0 Å². The van der Waals surface area contributed by atoms with Crippen molar-refractivity contribution < 1.29 is 13.6 Å². The fourth-order valence-corrected chi connectivity index (χ4v) is 2.64. The van der Waals surface area contributed by atoms with Gasteiger partial charge < -0.3 is 9.05 Å². The molecule has 4 heteroatoms. The molecule has 1 aromatic carbocycles. The summed E-state index contributed by atoms with van der Waals surface area (Å²) in [7, 11) is -0.246. The summed E-state index contributed by atoms with van der Waals surface area (Å²) in [4.78, 5) is 0. The van der Waals surface area contributed by atoms with Gasteiger partial charge in [0, 0.05) is 20.0 Å². The molecule has 0 atom stereocenters. The minimum Gasteiger partial charge on any atom is -0.309 e. The summed E-state index contributed by atoms with van der Waals surface area (Å²) in [5, 5.41) is 0. The predicted molar refractivity (Wildman–Crippen MR) is 80.1 cm³/mol. The van der Waals surface area contributed by atoms with Gasteiger partial charge in [-0.05, 0) is 25.3 Å². The molecule has 0 radical (unpaired) electrons. The highest BCUT2D eigenvalue weighted by atomic mass is 31.2. The first kappa shape index (κ1) is 15.9. The molecular formula is C15H21O3P. The Labute approximate surface area is 115 Å². The Kier molecular flexibility index (Phi) is 6.79. The average molecular weight is 280 g/mol.